The maximum atomic E-state index is 8.59. The molecular formula is C13H14BrNO2. The molecule has 1 aromatic carbocycles. The Morgan fingerprint density at radius 3 is 2.41 bits per heavy atom. The van der Waals surface area contributed by atoms with Crippen LogP contribution in [-0.4, -0.2) is 13.2 Å². The summed E-state index contributed by atoms with van der Waals surface area (Å²) in [5.41, 5.74) is 0.819. The molecule has 0 N–H and O–H groups in total. The molecule has 0 aromatic heterocycles. The first kappa shape index (κ1) is 13.6. The standard InChI is InChI=1S/C13H14BrNO2/c1-3-16-11-7-8-12(17-4-2)13(14)10(11)6-5-9-15/h5-8H,3-4H2,1-2H3/b6-5+. The molecule has 90 valence electrons. The molecule has 0 saturated heterocycles. The van der Waals surface area contributed by atoms with Gasteiger partial charge in [-0.2, -0.15) is 5.26 Å². The van der Waals surface area contributed by atoms with Gasteiger partial charge in [-0.1, -0.05) is 0 Å². The van der Waals surface area contributed by atoms with Crippen LogP contribution < -0.4 is 9.47 Å². The topological polar surface area (TPSA) is 42.2 Å². The maximum absolute atomic E-state index is 8.59. The molecule has 0 radical (unpaired) electrons. The van der Waals surface area contributed by atoms with Crippen molar-refractivity contribution in [3.05, 3.63) is 28.2 Å². The highest BCUT2D eigenvalue weighted by Gasteiger charge is 2.10. The third-order valence-corrected chi connectivity index (χ3v) is 2.85. The average Bonchev–Trinajstić information content (AvgIpc) is 2.33. The van der Waals surface area contributed by atoms with Crippen molar-refractivity contribution in [3.8, 4) is 17.6 Å². The first-order valence-electron chi connectivity index (χ1n) is 5.38. The molecule has 0 atom stereocenters. The van der Waals surface area contributed by atoms with Crippen molar-refractivity contribution in [1.29, 1.82) is 5.26 Å². The Morgan fingerprint density at radius 2 is 1.82 bits per heavy atom. The predicted octanol–water partition coefficient (Wildman–Crippen LogP) is 3.78. The lowest BCUT2D eigenvalue weighted by atomic mass is 10.1. The highest BCUT2D eigenvalue weighted by Crippen LogP contribution is 2.36. The normalized spacial score (nSPS) is 10.2. The second-order valence-electron chi connectivity index (χ2n) is 3.12. The average molecular weight is 296 g/mol. The summed E-state index contributed by atoms with van der Waals surface area (Å²) in [6.07, 6.45) is 3.12. The number of allylic oxidation sites excluding steroid dienone is 1. The van der Waals surface area contributed by atoms with Crippen molar-refractivity contribution in [1.82, 2.24) is 0 Å². The van der Waals surface area contributed by atoms with Crippen LogP contribution in [0.5, 0.6) is 11.5 Å². The van der Waals surface area contributed by atoms with E-state index in [1.165, 1.54) is 6.08 Å². The summed E-state index contributed by atoms with van der Waals surface area (Å²) in [6.45, 7) is 5.01. The monoisotopic (exact) mass is 295 g/mol. The minimum atomic E-state index is 0.577. The van der Waals surface area contributed by atoms with Crippen molar-refractivity contribution < 1.29 is 9.47 Å². The zero-order valence-electron chi connectivity index (χ0n) is 9.87. The number of rotatable bonds is 5. The van der Waals surface area contributed by atoms with Gasteiger partial charge in [0.2, 0.25) is 0 Å². The van der Waals surface area contributed by atoms with Crippen LogP contribution in [-0.2, 0) is 0 Å². The second kappa shape index (κ2) is 6.97. The van der Waals surface area contributed by atoms with E-state index in [1.54, 1.807) is 6.08 Å². The molecule has 1 rings (SSSR count). The van der Waals surface area contributed by atoms with E-state index < -0.39 is 0 Å². The Bertz CT molecular complexity index is 449. The molecule has 0 aliphatic rings. The molecule has 0 unspecified atom stereocenters. The lowest BCUT2D eigenvalue weighted by molar-refractivity contribution is 0.328. The fourth-order valence-electron chi connectivity index (χ4n) is 1.38. The highest BCUT2D eigenvalue weighted by atomic mass is 79.9. The smallest absolute Gasteiger partial charge is 0.134 e. The fraction of sp³-hybridized carbons (Fsp3) is 0.308. The van der Waals surface area contributed by atoms with E-state index in [0.717, 1.165) is 21.5 Å². The Balaban J connectivity index is 3.21. The van der Waals surface area contributed by atoms with E-state index >= 15 is 0 Å². The van der Waals surface area contributed by atoms with Gasteiger partial charge in [-0.25, -0.2) is 0 Å². The number of benzene rings is 1. The minimum absolute atomic E-state index is 0.577. The van der Waals surface area contributed by atoms with Crippen molar-refractivity contribution in [2.75, 3.05) is 13.2 Å². The molecular weight excluding hydrogens is 282 g/mol. The van der Waals surface area contributed by atoms with Crippen LogP contribution in [0, 0.1) is 11.3 Å². The lowest BCUT2D eigenvalue weighted by Crippen LogP contribution is -1.98. The van der Waals surface area contributed by atoms with Gasteiger partial charge in [0, 0.05) is 11.6 Å². The zero-order valence-corrected chi connectivity index (χ0v) is 11.5. The van der Waals surface area contributed by atoms with Gasteiger partial charge >= 0.3 is 0 Å². The van der Waals surface area contributed by atoms with Crippen molar-refractivity contribution in [2.24, 2.45) is 0 Å². The molecule has 0 aliphatic heterocycles. The Morgan fingerprint density at radius 1 is 1.24 bits per heavy atom. The SMILES string of the molecule is CCOc1ccc(OCC)c(/C=C/C#N)c1Br. The summed E-state index contributed by atoms with van der Waals surface area (Å²) in [5.74, 6) is 1.47. The third kappa shape index (κ3) is 3.50. The predicted molar refractivity (Wildman–Crippen MR) is 71.1 cm³/mol. The molecule has 0 fully saturated rings. The Labute approximate surface area is 110 Å². The summed E-state index contributed by atoms with van der Waals surface area (Å²) in [6, 6.07) is 5.66. The molecule has 4 heteroatoms. The second-order valence-corrected chi connectivity index (χ2v) is 3.91. The third-order valence-electron chi connectivity index (χ3n) is 2.03. The van der Waals surface area contributed by atoms with Gasteiger partial charge in [0.15, 0.2) is 0 Å². The van der Waals surface area contributed by atoms with Gasteiger partial charge in [-0.05, 0) is 48.0 Å². The summed E-state index contributed by atoms with van der Waals surface area (Å²) < 4.78 is 11.8. The van der Waals surface area contributed by atoms with E-state index in [9.17, 15) is 0 Å². The molecule has 0 bridgehead atoms. The van der Waals surface area contributed by atoms with Gasteiger partial charge in [0.1, 0.15) is 11.5 Å². The van der Waals surface area contributed by atoms with Crippen LogP contribution in [0.3, 0.4) is 0 Å². The minimum Gasteiger partial charge on any atom is -0.493 e. The molecule has 0 amide bonds. The first-order valence-corrected chi connectivity index (χ1v) is 6.18. The van der Waals surface area contributed by atoms with Gasteiger partial charge in [-0.3, -0.25) is 0 Å². The molecule has 1 aromatic rings. The van der Waals surface area contributed by atoms with Crippen LogP contribution in [0.25, 0.3) is 6.08 Å². The molecule has 0 aliphatic carbocycles. The fourth-order valence-corrected chi connectivity index (χ4v) is 1.95. The van der Waals surface area contributed by atoms with E-state index in [0.29, 0.717) is 13.2 Å². The van der Waals surface area contributed by atoms with E-state index in [2.05, 4.69) is 15.9 Å². The van der Waals surface area contributed by atoms with Crippen LogP contribution in [0.4, 0.5) is 0 Å². The summed E-state index contributed by atoms with van der Waals surface area (Å²) in [4.78, 5) is 0. The van der Waals surface area contributed by atoms with E-state index in [4.69, 9.17) is 14.7 Å². The quantitative estimate of drug-likeness (QED) is 0.776. The maximum Gasteiger partial charge on any atom is 0.134 e. The van der Waals surface area contributed by atoms with Crippen LogP contribution in [0.15, 0.2) is 22.7 Å². The number of hydrogen-bond donors (Lipinski definition) is 0. The number of nitriles is 1. The summed E-state index contributed by atoms with van der Waals surface area (Å²) in [7, 11) is 0. The number of halogens is 1. The lowest BCUT2D eigenvalue weighted by Gasteiger charge is -2.12. The number of nitrogens with zero attached hydrogens (tertiary/aromatic N) is 1. The van der Waals surface area contributed by atoms with Crippen molar-refractivity contribution >= 4 is 22.0 Å². The molecule has 0 heterocycles. The molecule has 0 saturated carbocycles. The largest absolute Gasteiger partial charge is 0.493 e. The highest BCUT2D eigenvalue weighted by molar-refractivity contribution is 9.10. The van der Waals surface area contributed by atoms with Gasteiger partial charge in [0.05, 0.1) is 23.8 Å². The number of ether oxygens (including phenoxy) is 2. The Hall–Kier alpha value is -1.47. The zero-order chi connectivity index (χ0) is 12.7. The summed E-state index contributed by atoms with van der Waals surface area (Å²) >= 11 is 3.47. The van der Waals surface area contributed by atoms with E-state index in [1.807, 2.05) is 32.0 Å². The van der Waals surface area contributed by atoms with Crippen molar-refractivity contribution in [2.45, 2.75) is 13.8 Å². The van der Waals surface area contributed by atoms with Crippen molar-refractivity contribution in [3.63, 3.8) is 0 Å². The van der Waals surface area contributed by atoms with Crippen LogP contribution >= 0.6 is 15.9 Å². The van der Waals surface area contributed by atoms with Crippen LogP contribution in [0.2, 0.25) is 0 Å². The van der Waals surface area contributed by atoms with Gasteiger partial charge in [0.25, 0.3) is 0 Å². The first-order chi connectivity index (χ1) is 8.24. The summed E-state index contributed by atoms with van der Waals surface area (Å²) in [5, 5.41) is 8.59. The van der Waals surface area contributed by atoms with Gasteiger partial charge < -0.3 is 9.47 Å². The number of hydrogen-bond acceptors (Lipinski definition) is 3. The molecule has 3 nitrogen and oxygen atoms in total. The Kier molecular flexibility index (Phi) is 5.58. The van der Waals surface area contributed by atoms with Gasteiger partial charge in [-0.15, -0.1) is 0 Å². The van der Waals surface area contributed by atoms with E-state index in [-0.39, 0.29) is 0 Å². The van der Waals surface area contributed by atoms with Crippen LogP contribution in [0.1, 0.15) is 19.4 Å². The molecule has 0 spiro atoms. The molecule has 17 heavy (non-hydrogen) atoms.